The fraction of sp³-hybridized carbons (Fsp3) is 0.909. The number of aliphatic hydroxyl groups excluding tert-OH is 1. The second-order valence-electron chi connectivity index (χ2n) is 7.14. The third kappa shape index (κ3) is 26.8. The molecule has 7 nitrogen and oxygen atoms in total. The monoisotopic (exact) mass is 420 g/mol. The quantitative estimate of drug-likeness (QED) is 0.369. The van der Waals surface area contributed by atoms with Gasteiger partial charge in [0.2, 0.25) is 0 Å². The van der Waals surface area contributed by atoms with Crippen molar-refractivity contribution in [1.82, 2.24) is 9.80 Å². The number of aliphatic hydroxyl groups is 1. The van der Waals surface area contributed by atoms with Gasteiger partial charge in [-0.2, -0.15) is 0 Å². The van der Waals surface area contributed by atoms with E-state index in [1.807, 2.05) is 0 Å². The zero-order valence-corrected chi connectivity index (χ0v) is 19.8. The highest BCUT2D eigenvalue weighted by Gasteiger charge is 2.16. The number of carboxylic acid groups (broad SMARTS) is 2. The molecule has 0 aliphatic heterocycles. The van der Waals surface area contributed by atoms with E-state index in [1.54, 1.807) is 0 Å². The molecule has 0 radical (unpaired) electrons. The summed E-state index contributed by atoms with van der Waals surface area (Å²) in [6, 6.07) is 0. The van der Waals surface area contributed by atoms with Crippen molar-refractivity contribution in [2.75, 3.05) is 39.3 Å². The second-order valence-corrected chi connectivity index (χ2v) is 7.14. The highest BCUT2D eigenvalue weighted by molar-refractivity contribution is 5.79. The Bertz CT molecular complexity index is 321. The molecule has 0 aliphatic rings. The maximum Gasteiger partial charge on any atom is 0.333 e. The standard InChI is InChI=1S/2C9H21N.C4H6O5/c2*1-4-7-10(8-5-2)9-6-3;5-2(4(8)9)1-3(6)7/h2*4-9H2,1-3H3;2,5H,1H2,(H,6,7)(H,8,9). The van der Waals surface area contributed by atoms with Gasteiger partial charge in [-0.15, -0.1) is 0 Å². The van der Waals surface area contributed by atoms with Gasteiger partial charge in [-0.05, 0) is 77.8 Å². The Morgan fingerprint density at radius 3 is 0.966 bits per heavy atom. The fourth-order valence-corrected chi connectivity index (χ4v) is 2.82. The molecular formula is C22H48N2O5. The number of nitrogens with zero attached hydrogens (tertiary/aromatic N) is 2. The minimum Gasteiger partial charge on any atom is -0.481 e. The van der Waals surface area contributed by atoms with Crippen LogP contribution in [-0.2, 0) is 9.59 Å². The highest BCUT2D eigenvalue weighted by Crippen LogP contribution is 1.95. The molecule has 7 heteroatoms. The van der Waals surface area contributed by atoms with Gasteiger partial charge in [-0.3, -0.25) is 4.79 Å². The minimum absolute atomic E-state index is 0.755. The molecule has 0 aromatic carbocycles. The topological polar surface area (TPSA) is 101 Å². The predicted molar refractivity (Wildman–Crippen MR) is 121 cm³/mol. The fourth-order valence-electron chi connectivity index (χ4n) is 2.82. The van der Waals surface area contributed by atoms with Crippen LogP contribution in [0.5, 0.6) is 0 Å². The number of carboxylic acids is 2. The molecule has 0 aromatic heterocycles. The number of hydrogen-bond donors (Lipinski definition) is 3. The van der Waals surface area contributed by atoms with Crippen LogP contribution in [0.3, 0.4) is 0 Å². The Hall–Kier alpha value is -1.18. The van der Waals surface area contributed by atoms with Crippen molar-refractivity contribution in [3.8, 4) is 0 Å². The van der Waals surface area contributed by atoms with Crippen LogP contribution in [-0.4, -0.2) is 82.4 Å². The molecule has 0 saturated heterocycles. The van der Waals surface area contributed by atoms with Gasteiger partial charge in [0.15, 0.2) is 6.10 Å². The zero-order chi connectivity index (χ0) is 23.1. The summed E-state index contributed by atoms with van der Waals surface area (Å²) in [5.74, 6) is -2.85. The van der Waals surface area contributed by atoms with Crippen molar-refractivity contribution < 1.29 is 24.9 Å². The van der Waals surface area contributed by atoms with E-state index in [2.05, 4.69) is 51.3 Å². The molecule has 0 amide bonds. The normalized spacial score (nSPS) is 11.3. The smallest absolute Gasteiger partial charge is 0.333 e. The van der Waals surface area contributed by atoms with E-state index < -0.39 is 24.5 Å². The molecule has 0 heterocycles. The van der Waals surface area contributed by atoms with E-state index in [4.69, 9.17) is 15.3 Å². The van der Waals surface area contributed by atoms with Gasteiger partial charge in [-0.25, -0.2) is 4.79 Å². The van der Waals surface area contributed by atoms with Gasteiger partial charge < -0.3 is 25.1 Å². The predicted octanol–water partition coefficient (Wildman–Crippen LogP) is 3.94. The maximum atomic E-state index is 9.72. The van der Waals surface area contributed by atoms with Crippen LogP contribution in [0.2, 0.25) is 0 Å². The van der Waals surface area contributed by atoms with Crippen molar-refractivity contribution in [3.63, 3.8) is 0 Å². The molecule has 29 heavy (non-hydrogen) atoms. The first-order valence-electron chi connectivity index (χ1n) is 11.3. The highest BCUT2D eigenvalue weighted by atomic mass is 16.4. The second kappa shape index (κ2) is 24.9. The molecule has 0 saturated carbocycles. The van der Waals surface area contributed by atoms with E-state index in [0.717, 1.165) is 0 Å². The first kappa shape index (κ1) is 32.5. The molecular weight excluding hydrogens is 372 g/mol. The molecule has 0 rings (SSSR count). The Labute approximate surface area is 179 Å². The van der Waals surface area contributed by atoms with Crippen LogP contribution in [0.1, 0.15) is 86.5 Å². The van der Waals surface area contributed by atoms with Crippen LogP contribution in [0.25, 0.3) is 0 Å². The zero-order valence-electron chi connectivity index (χ0n) is 19.8. The number of hydrogen-bond acceptors (Lipinski definition) is 5. The lowest BCUT2D eigenvalue weighted by molar-refractivity contribution is -0.152. The van der Waals surface area contributed by atoms with Gasteiger partial charge in [0, 0.05) is 0 Å². The minimum atomic E-state index is -1.79. The molecule has 176 valence electrons. The van der Waals surface area contributed by atoms with Crippen molar-refractivity contribution in [2.24, 2.45) is 0 Å². The van der Waals surface area contributed by atoms with Crippen LogP contribution in [0.15, 0.2) is 0 Å². The lowest BCUT2D eigenvalue weighted by Gasteiger charge is -2.19. The van der Waals surface area contributed by atoms with Crippen LogP contribution in [0.4, 0.5) is 0 Å². The summed E-state index contributed by atoms with van der Waals surface area (Å²) >= 11 is 0. The average molecular weight is 421 g/mol. The van der Waals surface area contributed by atoms with Crippen molar-refractivity contribution >= 4 is 11.9 Å². The van der Waals surface area contributed by atoms with E-state index >= 15 is 0 Å². The van der Waals surface area contributed by atoms with Gasteiger partial charge in [0.25, 0.3) is 0 Å². The summed E-state index contributed by atoms with van der Waals surface area (Å²) in [7, 11) is 0. The van der Waals surface area contributed by atoms with Crippen LogP contribution in [0, 0.1) is 0 Å². The van der Waals surface area contributed by atoms with Crippen molar-refractivity contribution in [1.29, 1.82) is 0 Å². The van der Waals surface area contributed by atoms with Gasteiger partial charge >= 0.3 is 11.9 Å². The maximum absolute atomic E-state index is 9.72. The van der Waals surface area contributed by atoms with Crippen LogP contribution < -0.4 is 0 Å². The SMILES string of the molecule is CCCN(CCC)CCC.CCCN(CCC)CCC.O=C(O)CC(O)C(=O)O. The molecule has 0 aliphatic carbocycles. The van der Waals surface area contributed by atoms with E-state index in [9.17, 15) is 9.59 Å². The molecule has 0 aromatic rings. The lowest BCUT2D eigenvalue weighted by atomic mass is 10.3. The van der Waals surface area contributed by atoms with Gasteiger partial charge in [0.1, 0.15) is 0 Å². The first-order valence-corrected chi connectivity index (χ1v) is 11.3. The summed E-state index contributed by atoms with van der Waals surface area (Å²) in [5, 5.41) is 24.1. The van der Waals surface area contributed by atoms with Crippen molar-refractivity contribution in [2.45, 2.75) is 92.6 Å². The van der Waals surface area contributed by atoms with Gasteiger partial charge in [0.05, 0.1) is 6.42 Å². The molecule has 0 bridgehead atoms. The molecule has 0 fully saturated rings. The lowest BCUT2D eigenvalue weighted by Crippen LogP contribution is -2.26. The van der Waals surface area contributed by atoms with E-state index in [-0.39, 0.29) is 0 Å². The number of carbonyl (C=O) groups is 2. The molecule has 3 N–H and O–H groups in total. The number of aliphatic carboxylic acids is 2. The van der Waals surface area contributed by atoms with E-state index in [1.165, 1.54) is 77.8 Å². The van der Waals surface area contributed by atoms with Crippen LogP contribution >= 0.6 is 0 Å². The summed E-state index contributed by atoms with van der Waals surface area (Å²) in [5.41, 5.74) is 0. The average Bonchev–Trinajstić information content (AvgIpc) is 2.63. The third-order valence-corrected chi connectivity index (χ3v) is 3.89. The Morgan fingerprint density at radius 2 is 0.862 bits per heavy atom. The summed E-state index contributed by atoms with van der Waals surface area (Å²) in [4.78, 5) is 24.5. The van der Waals surface area contributed by atoms with Gasteiger partial charge in [-0.1, -0.05) is 41.5 Å². The largest absolute Gasteiger partial charge is 0.481 e. The third-order valence-electron chi connectivity index (χ3n) is 3.89. The summed E-state index contributed by atoms with van der Waals surface area (Å²) in [6.45, 7) is 21.2. The molecule has 1 atom stereocenters. The molecule has 0 spiro atoms. The van der Waals surface area contributed by atoms with E-state index in [0.29, 0.717) is 0 Å². The Morgan fingerprint density at radius 1 is 0.621 bits per heavy atom. The van der Waals surface area contributed by atoms with Crippen molar-refractivity contribution in [3.05, 3.63) is 0 Å². The Balaban J connectivity index is -0.000000350. The first-order chi connectivity index (χ1) is 13.7. The summed E-state index contributed by atoms with van der Waals surface area (Å²) in [6.07, 6.45) is 5.21. The number of rotatable bonds is 15. The Kier molecular flexibility index (Phi) is 27.8. The molecule has 1 unspecified atom stereocenters. The summed E-state index contributed by atoms with van der Waals surface area (Å²) < 4.78 is 0.